The number of rotatable bonds is 6. The maximum atomic E-state index is 12.8. The summed E-state index contributed by atoms with van der Waals surface area (Å²) >= 11 is 0. The normalized spacial score (nSPS) is 18.5. The van der Waals surface area contributed by atoms with Crippen LogP contribution in [0.1, 0.15) is 45.1 Å². The molecule has 4 nitrogen and oxygen atoms in total. The van der Waals surface area contributed by atoms with Gasteiger partial charge in [-0.15, -0.1) is 0 Å². The van der Waals surface area contributed by atoms with E-state index < -0.39 is 6.10 Å². The van der Waals surface area contributed by atoms with E-state index in [1.54, 1.807) is 0 Å². The van der Waals surface area contributed by atoms with Crippen LogP contribution in [0.15, 0.2) is 24.3 Å². The molecule has 1 atom stereocenters. The fourth-order valence-corrected chi connectivity index (χ4v) is 3.18. The molecule has 1 unspecified atom stereocenters. The van der Waals surface area contributed by atoms with E-state index in [0.29, 0.717) is 19.5 Å². The third kappa shape index (κ3) is 4.05. The fraction of sp³-hybridized carbons (Fsp3) is 0.632. The van der Waals surface area contributed by atoms with Crippen molar-refractivity contribution in [1.29, 1.82) is 0 Å². The smallest absolute Gasteiger partial charge is 0.263 e. The summed E-state index contributed by atoms with van der Waals surface area (Å²) < 4.78 is 5.97. The number of aryl methyl sites for hydroxylation is 1. The van der Waals surface area contributed by atoms with Crippen molar-refractivity contribution < 1.29 is 14.6 Å². The van der Waals surface area contributed by atoms with Gasteiger partial charge in [0.25, 0.3) is 5.91 Å². The standard InChI is InChI=1S/C19H29NO3/c1-4-16(23-17-9-7-6-8-15(17)3)18(22)20-12-10-19(5-2,14-21)11-13-20/h6-9,16,21H,4-5,10-14H2,1-3H3. The zero-order chi connectivity index (χ0) is 16.9. The van der Waals surface area contributed by atoms with E-state index >= 15 is 0 Å². The zero-order valence-corrected chi connectivity index (χ0v) is 14.5. The number of benzene rings is 1. The number of aliphatic hydroxyl groups excluding tert-OH is 1. The maximum absolute atomic E-state index is 12.8. The van der Waals surface area contributed by atoms with Gasteiger partial charge in [0.2, 0.25) is 0 Å². The first-order valence-corrected chi connectivity index (χ1v) is 8.67. The number of ether oxygens (including phenoxy) is 1. The summed E-state index contributed by atoms with van der Waals surface area (Å²) in [6.07, 6.45) is 2.92. The molecule has 1 aromatic rings. The molecular weight excluding hydrogens is 290 g/mol. The maximum Gasteiger partial charge on any atom is 0.263 e. The van der Waals surface area contributed by atoms with Gasteiger partial charge < -0.3 is 14.7 Å². The molecule has 23 heavy (non-hydrogen) atoms. The number of carbonyl (C=O) groups is 1. The van der Waals surface area contributed by atoms with E-state index in [1.165, 1.54) is 0 Å². The van der Waals surface area contributed by atoms with Crippen LogP contribution in [0.3, 0.4) is 0 Å². The number of nitrogens with zero attached hydrogens (tertiary/aromatic N) is 1. The second-order valence-electron chi connectivity index (χ2n) is 6.62. The predicted octanol–water partition coefficient (Wildman–Crippen LogP) is 3.16. The van der Waals surface area contributed by atoms with Crippen LogP contribution >= 0.6 is 0 Å². The van der Waals surface area contributed by atoms with Gasteiger partial charge in [0.1, 0.15) is 5.75 Å². The molecule has 1 aromatic carbocycles. The summed E-state index contributed by atoms with van der Waals surface area (Å²) in [5.74, 6) is 0.848. The van der Waals surface area contributed by atoms with Crippen LogP contribution in [0.25, 0.3) is 0 Å². The monoisotopic (exact) mass is 319 g/mol. The zero-order valence-electron chi connectivity index (χ0n) is 14.5. The average Bonchev–Trinajstić information content (AvgIpc) is 2.60. The molecule has 1 saturated heterocycles. The summed E-state index contributed by atoms with van der Waals surface area (Å²) in [7, 11) is 0. The first kappa shape index (κ1) is 17.8. The minimum Gasteiger partial charge on any atom is -0.480 e. The third-order valence-corrected chi connectivity index (χ3v) is 5.23. The van der Waals surface area contributed by atoms with Gasteiger partial charge in [-0.1, -0.05) is 32.0 Å². The van der Waals surface area contributed by atoms with E-state index in [0.717, 1.165) is 30.6 Å². The van der Waals surface area contributed by atoms with Crippen LogP contribution in [0.4, 0.5) is 0 Å². The van der Waals surface area contributed by atoms with Gasteiger partial charge >= 0.3 is 0 Å². The van der Waals surface area contributed by atoms with Gasteiger partial charge in [0.05, 0.1) is 0 Å². The summed E-state index contributed by atoms with van der Waals surface area (Å²) in [6.45, 7) is 7.72. The first-order chi connectivity index (χ1) is 11.0. The lowest BCUT2D eigenvalue weighted by Gasteiger charge is -2.41. The Bertz CT molecular complexity index is 515. The Morgan fingerprint density at radius 1 is 1.30 bits per heavy atom. The molecule has 1 aliphatic rings. The second-order valence-corrected chi connectivity index (χ2v) is 6.62. The highest BCUT2D eigenvalue weighted by molar-refractivity contribution is 5.81. The second kappa shape index (κ2) is 7.82. The van der Waals surface area contributed by atoms with Crippen molar-refractivity contribution in [2.24, 2.45) is 5.41 Å². The molecule has 1 N–H and O–H groups in total. The molecule has 2 rings (SSSR count). The Hall–Kier alpha value is -1.55. The number of hydrogen-bond acceptors (Lipinski definition) is 3. The molecule has 0 radical (unpaired) electrons. The highest BCUT2D eigenvalue weighted by atomic mass is 16.5. The van der Waals surface area contributed by atoms with Crippen LogP contribution in [0, 0.1) is 12.3 Å². The number of hydrogen-bond donors (Lipinski definition) is 1. The van der Waals surface area contributed by atoms with Crippen LogP contribution in [-0.2, 0) is 4.79 Å². The van der Waals surface area contributed by atoms with E-state index in [1.807, 2.05) is 43.0 Å². The van der Waals surface area contributed by atoms with Crippen molar-refractivity contribution >= 4 is 5.91 Å². The summed E-state index contributed by atoms with van der Waals surface area (Å²) in [5.41, 5.74) is 1.04. The Labute approximate surface area is 139 Å². The first-order valence-electron chi connectivity index (χ1n) is 8.67. The highest BCUT2D eigenvalue weighted by Crippen LogP contribution is 2.34. The SMILES string of the molecule is CCC(Oc1ccccc1C)C(=O)N1CCC(CC)(CO)CC1. The van der Waals surface area contributed by atoms with Crippen molar-refractivity contribution in [2.75, 3.05) is 19.7 Å². The molecule has 0 bridgehead atoms. The lowest BCUT2D eigenvalue weighted by molar-refractivity contribution is -0.141. The van der Waals surface area contributed by atoms with E-state index in [9.17, 15) is 9.90 Å². The molecule has 1 amide bonds. The molecule has 1 fully saturated rings. The highest BCUT2D eigenvalue weighted by Gasteiger charge is 2.35. The predicted molar refractivity (Wildman–Crippen MR) is 91.5 cm³/mol. The fourth-order valence-electron chi connectivity index (χ4n) is 3.18. The van der Waals surface area contributed by atoms with Crippen molar-refractivity contribution in [1.82, 2.24) is 4.90 Å². The van der Waals surface area contributed by atoms with Gasteiger partial charge in [0, 0.05) is 19.7 Å². The van der Waals surface area contributed by atoms with Crippen LogP contribution < -0.4 is 4.74 Å². The minimum absolute atomic E-state index is 0.00460. The van der Waals surface area contributed by atoms with Gasteiger partial charge in [-0.25, -0.2) is 0 Å². The van der Waals surface area contributed by atoms with E-state index in [4.69, 9.17) is 4.74 Å². The number of aliphatic hydroxyl groups is 1. The van der Waals surface area contributed by atoms with Crippen molar-refractivity contribution in [3.05, 3.63) is 29.8 Å². The topological polar surface area (TPSA) is 49.8 Å². The number of para-hydroxylation sites is 1. The molecule has 0 spiro atoms. The largest absolute Gasteiger partial charge is 0.480 e. The van der Waals surface area contributed by atoms with Gasteiger partial charge in [-0.3, -0.25) is 4.79 Å². The number of likely N-dealkylation sites (tertiary alicyclic amines) is 1. The lowest BCUT2D eigenvalue weighted by Crippen LogP contribution is -2.49. The van der Waals surface area contributed by atoms with Crippen molar-refractivity contribution in [3.8, 4) is 5.75 Å². The summed E-state index contributed by atoms with van der Waals surface area (Å²) in [4.78, 5) is 14.7. The summed E-state index contributed by atoms with van der Waals surface area (Å²) in [5, 5.41) is 9.62. The Balaban J connectivity index is 2.00. The van der Waals surface area contributed by atoms with E-state index in [2.05, 4.69) is 6.92 Å². The molecule has 1 heterocycles. The van der Waals surface area contributed by atoms with Crippen LogP contribution in [0.5, 0.6) is 5.75 Å². The molecule has 128 valence electrons. The average molecular weight is 319 g/mol. The molecule has 0 aliphatic carbocycles. The summed E-state index contributed by atoms with van der Waals surface area (Å²) in [6, 6.07) is 7.80. The lowest BCUT2D eigenvalue weighted by atomic mass is 9.77. The molecule has 0 saturated carbocycles. The van der Waals surface area contributed by atoms with Gasteiger partial charge in [-0.05, 0) is 49.7 Å². The number of amides is 1. The van der Waals surface area contributed by atoms with Crippen molar-refractivity contribution in [3.63, 3.8) is 0 Å². The molecule has 1 aliphatic heterocycles. The molecular formula is C19H29NO3. The number of piperidine rings is 1. The van der Waals surface area contributed by atoms with Crippen LogP contribution in [0.2, 0.25) is 0 Å². The van der Waals surface area contributed by atoms with Crippen LogP contribution in [-0.4, -0.2) is 41.7 Å². The molecule has 4 heteroatoms. The van der Waals surface area contributed by atoms with E-state index in [-0.39, 0.29) is 17.9 Å². The Kier molecular flexibility index (Phi) is 6.05. The number of carbonyl (C=O) groups excluding carboxylic acids is 1. The Morgan fingerprint density at radius 2 is 1.96 bits per heavy atom. The quantitative estimate of drug-likeness (QED) is 0.876. The minimum atomic E-state index is -0.431. The van der Waals surface area contributed by atoms with Crippen molar-refractivity contribution in [2.45, 2.75) is 52.6 Å². The molecule has 0 aromatic heterocycles. The third-order valence-electron chi connectivity index (χ3n) is 5.23. The van der Waals surface area contributed by atoms with Gasteiger partial charge in [0.15, 0.2) is 6.10 Å². The Morgan fingerprint density at radius 3 is 2.48 bits per heavy atom. The van der Waals surface area contributed by atoms with Gasteiger partial charge in [-0.2, -0.15) is 0 Å².